The Morgan fingerprint density at radius 3 is 1.50 bits per heavy atom. The van der Waals surface area contributed by atoms with Gasteiger partial charge in [0.25, 0.3) is 0 Å². The van der Waals surface area contributed by atoms with Crippen molar-refractivity contribution in [1.29, 1.82) is 0 Å². The molecule has 0 saturated carbocycles. The molecule has 0 spiro atoms. The van der Waals surface area contributed by atoms with Crippen molar-refractivity contribution in [2.75, 3.05) is 0 Å². The zero-order valence-corrected chi connectivity index (χ0v) is 30.3. The van der Waals surface area contributed by atoms with Gasteiger partial charge in [0.2, 0.25) is 0 Å². The average molecular weight is 784 g/mol. The third kappa shape index (κ3) is 8.01. The van der Waals surface area contributed by atoms with Crippen molar-refractivity contribution in [2.24, 2.45) is 0 Å². The van der Waals surface area contributed by atoms with Crippen molar-refractivity contribution in [3.8, 4) is 4.90 Å². The van der Waals surface area contributed by atoms with Gasteiger partial charge in [0, 0.05) is 6.92 Å². The molecule has 11 heteroatoms. The summed E-state index contributed by atoms with van der Waals surface area (Å²) in [6.07, 6.45) is 1.55. The molecule has 1 unspecified atom stereocenters. The van der Waals surface area contributed by atoms with Gasteiger partial charge in [0.1, 0.15) is 0 Å². The molecule has 1 aromatic heterocycles. The molecule has 1 atom stereocenters. The molecule has 1 heterocycles. The summed E-state index contributed by atoms with van der Waals surface area (Å²) in [6, 6.07) is 28.2. The Hall–Kier alpha value is -1.95. The number of rotatable bonds is 13. The van der Waals surface area contributed by atoms with Crippen LogP contribution in [0.5, 0.6) is 0 Å². The van der Waals surface area contributed by atoms with Crippen molar-refractivity contribution in [3.05, 3.63) is 72.8 Å². The minimum atomic E-state index is -6.77. The molecule has 0 N–H and O–H groups in total. The van der Waals surface area contributed by atoms with E-state index < -0.39 is 49.2 Å². The van der Waals surface area contributed by atoms with Crippen LogP contribution in [0.2, 0.25) is 13.3 Å². The number of halogens is 9. The first-order chi connectivity index (χ1) is 21.5. The van der Waals surface area contributed by atoms with Crippen molar-refractivity contribution >= 4 is 52.6 Å². The fourth-order valence-corrected chi connectivity index (χ4v) is 24.2. The van der Waals surface area contributed by atoms with Gasteiger partial charge in [-0.2, -0.15) is 39.5 Å². The molecule has 4 rings (SSSR count). The van der Waals surface area contributed by atoms with E-state index in [0.29, 0.717) is 0 Å². The summed E-state index contributed by atoms with van der Waals surface area (Å²) in [4.78, 5) is 1.45. The molecule has 0 bridgehead atoms. The molecule has 4 aromatic rings. The van der Waals surface area contributed by atoms with Crippen LogP contribution in [0.1, 0.15) is 66.2 Å². The molecule has 0 nitrogen and oxygen atoms in total. The molecule has 0 aliphatic carbocycles. The Kier molecular flexibility index (Phi) is 13.0. The van der Waals surface area contributed by atoms with Gasteiger partial charge < -0.3 is 0 Å². The molecule has 0 aliphatic rings. The van der Waals surface area contributed by atoms with E-state index in [2.05, 4.69) is 93.6 Å². The fraction of sp³-hybridized carbons (Fsp3) is 0.486. The Balaban J connectivity index is 0.000000349. The second-order valence-electron chi connectivity index (χ2n) is 12.0. The predicted octanol–water partition coefficient (Wildman–Crippen LogP) is 13.3. The summed E-state index contributed by atoms with van der Waals surface area (Å²) in [7, 11) is 0.0317. The first kappa shape index (κ1) is 38.5. The SMILES string of the molecule is CC(F)(F)C(F)(F)C(F)(F)C(F)(F)F.CCC[CH2][Sn]([CH2]CCC)([CH2]CCC)[c]1ccc2c(c1)c1ccccc1[s+]2-c1ccccc1. The van der Waals surface area contributed by atoms with E-state index >= 15 is 0 Å². The van der Waals surface area contributed by atoms with Gasteiger partial charge in [-0.25, -0.2) is 0 Å². The number of hydrogen-bond donors (Lipinski definition) is 0. The van der Waals surface area contributed by atoms with Gasteiger partial charge in [0.15, 0.2) is 0 Å². The van der Waals surface area contributed by atoms with Crippen molar-refractivity contribution in [2.45, 2.75) is 103 Å². The third-order valence-corrected chi connectivity index (χ3v) is 26.5. The van der Waals surface area contributed by atoms with Gasteiger partial charge >= 0.3 is 227 Å². The maximum absolute atomic E-state index is 12.0. The molecule has 254 valence electrons. The summed E-state index contributed by atoms with van der Waals surface area (Å²) < 4.78 is 115. The summed E-state index contributed by atoms with van der Waals surface area (Å²) in [5.74, 6) is -18.7. The van der Waals surface area contributed by atoms with E-state index in [1.807, 2.05) is 3.58 Å². The van der Waals surface area contributed by atoms with Gasteiger partial charge in [-0.15, -0.1) is 0 Å². The van der Waals surface area contributed by atoms with Crippen LogP contribution in [0.25, 0.3) is 25.1 Å². The Morgan fingerprint density at radius 2 is 1.04 bits per heavy atom. The minimum absolute atomic E-state index is 0.0317. The summed E-state index contributed by atoms with van der Waals surface area (Å²) in [5, 5.41) is 3.02. The van der Waals surface area contributed by atoms with Crippen LogP contribution >= 0.6 is 10.5 Å². The number of fused-ring (bicyclic) bond motifs is 3. The molecule has 0 amide bonds. The molecule has 0 saturated heterocycles. The van der Waals surface area contributed by atoms with E-state index in [0.717, 1.165) is 0 Å². The van der Waals surface area contributed by atoms with Crippen LogP contribution in [0.4, 0.5) is 39.5 Å². The normalized spacial score (nSPS) is 13.6. The van der Waals surface area contributed by atoms with Gasteiger partial charge in [-0.3, -0.25) is 0 Å². The molecule has 0 radical (unpaired) electrons. The van der Waals surface area contributed by atoms with E-state index in [1.54, 1.807) is 4.70 Å². The van der Waals surface area contributed by atoms with Crippen molar-refractivity contribution < 1.29 is 39.5 Å². The van der Waals surface area contributed by atoms with E-state index in [4.69, 9.17) is 0 Å². The van der Waals surface area contributed by atoms with Crippen LogP contribution in [0, 0.1) is 0 Å². The number of benzene rings is 3. The topological polar surface area (TPSA) is 0 Å². The molecular weight excluding hydrogens is 742 g/mol. The Labute approximate surface area is 272 Å². The Morgan fingerprint density at radius 1 is 0.565 bits per heavy atom. The fourth-order valence-electron chi connectivity index (χ4n) is 5.85. The van der Waals surface area contributed by atoms with E-state index in [-0.39, 0.29) is 10.5 Å². The average Bonchev–Trinajstić information content (AvgIpc) is 3.34. The first-order valence-electron chi connectivity index (χ1n) is 15.7. The van der Waals surface area contributed by atoms with Crippen LogP contribution < -0.4 is 3.58 Å². The summed E-state index contributed by atoms with van der Waals surface area (Å²) in [6.45, 7) is 6.41. The van der Waals surface area contributed by atoms with Crippen LogP contribution in [0.3, 0.4) is 0 Å². The quantitative estimate of drug-likeness (QED) is 0.0720. The van der Waals surface area contributed by atoms with Crippen LogP contribution in [0.15, 0.2) is 72.8 Å². The maximum atomic E-state index is 12.0. The third-order valence-electron chi connectivity index (χ3n) is 8.52. The zero-order chi connectivity index (χ0) is 34.4. The molecule has 0 aliphatic heterocycles. The van der Waals surface area contributed by atoms with Crippen molar-refractivity contribution in [3.63, 3.8) is 0 Å². The number of unbranched alkanes of at least 4 members (excludes halogenated alkanes) is 3. The summed E-state index contributed by atoms with van der Waals surface area (Å²) >= 11 is -2.43. The number of thiophene rings is 1. The molecule has 0 fully saturated rings. The van der Waals surface area contributed by atoms with Gasteiger partial charge in [-0.1, -0.05) is 0 Å². The van der Waals surface area contributed by atoms with E-state index in [1.165, 1.54) is 72.2 Å². The second-order valence-corrected chi connectivity index (χ2v) is 27.2. The summed E-state index contributed by atoms with van der Waals surface area (Å²) in [5.41, 5.74) is 0. The first-order valence-corrected chi connectivity index (χ1v) is 24.4. The van der Waals surface area contributed by atoms with Crippen LogP contribution in [-0.4, -0.2) is 42.3 Å². The predicted molar refractivity (Wildman–Crippen MR) is 176 cm³/mol. The molecule has 46 heavy (non-hydrogen) atoms. The Bertz CT molecular complexity index is 1490. The molecule has 3 aromatic carbocycles. The van der Waals surface area contributed by atoms with E-state index in [9.17, 15) is 39.5 Å². The zero-order valence-electron chi connectivity index (χ0n) is 26.6. The van der Waals surface area contributed by atoms with Gasteiger partial charge in [0.05, 0.1) is 0 Å². The van der Waals surface area contributed by atoms with Crippen LogP contribution in [-0.2, 0) is 0 Å². The van der Waals surface area contributed by atoms with Crippen molar-refractivity contribution in [1.82, 2.24) is 0 Å². The monoisotopic (exact) mass is 785 g/mol. The molecular formula is C35H42F9SSn+. The number of alkyl halides is 9. The standard InChI is InChI=1S/C18H12S.C5H3F9.3C4H9.Sn/c1-2-8-14(9-3-1)19-17-12-6-4-10-15(17)16-11-5-7-13-18(16)19;1-2(6,7)3(8,9)4(10,11)5(12,13)14;3*1-3-4-2;/h1-4,6-13H;1H3;3*1,3-4H2,2H3;/q+1;;;;;. The van der Waals surface area contributed by atoms with Gasteiger partial charge in [-0.05, 0) is 0 Å². The second kappa shape index (κ2) is 15.5. The number of hydrogen-bond acceptors (Lipinski definition) is 0.